The second-order valence-electron chi connectivity index (χ2n) is 5.06. The molecular formula is C15H21N3O3. The van der Waals surface area contributed by atoms with Crippen LogP contribution in [0.5, 0.6) is 0 Å². The van der Waals surface area contributed by atoms with Crippen molar-refractivity contribution in [3.05, 3.63) is 35.9 Å². The Balaban J connectivity index is 1.90. The molecule has 1 aromatic carbocycles. The fourth-order valence-corrected chi connectivity index (χ4v) is 2.23. The molecule has 0 spiro atoms. The first-order valence-electron chi connectivity index (χ1n) is 7.07. The second kappa shape index (κ2) is 7.19. The highest BCUT2D eigenvalue weighted by atomic mass is 16.5. The minimum absolute atomic E-state index is 0.105. The van der Waals surface area contributed by atoms with Crippen LogP contribution in [0.25, 0.3) is 0 Å². The molecule has 3 N–H and O–H groups in total. The standard InChI is InChI=1S/C15H21N3O3/c1-11(15(20)18-7-9-21-10-8-18)17-14(19)13(16)12-5-3-2-4-6-12/h2-6,11,13H,7-10,16H2,1H3,(H,17,19). The van der Waals surface area contributed by atoms with Crippen LogP contribution in [0.3, 0.4) is 0 Å². The zero-order chi connectivity index (χ0) is 15.2. The number of carbonyl (C=O) groups excluding carboxylic acids is 2. The molecule has 2 amide bonds. The van der Waals surface area contributed by atoms with Gasteiger partial charge in [-0.1, -0.05) is 30.3 Å². The number of rotatable bonds is 4. The third-order valence-corrected chi connectivity index (χ3v) is 3.49. The van der Waals surface area contributed by atoms with Crippen LogP contribution in [-0.2, 0) is 14.3 Å². The summed E-state index contributed by atoms with van der Waals surface area (Å²) in [6.45, 7) is 3.87. The van der Waals surface area contributed by atoms with Gasteiger partial charge in [0.15, 0.2) is 0 Å². The van der Waals surface area contributed by atoms with Crippen LogP contribution >= 0.6 is 0 Å². The number of hydrogen-bond donors (Lipinski definition) is 2. The van der Waals surface area contributed by atoms with Gasteiger partial charge in [-0.2, -0.15) is 0 Å². The molecular weight excluding hydrogens is 270 g/mol. The van der Waals surface area contributed by atoms with E-state index in [0.717, 1.165) is 5.56 Å². The highest BCUT2D eigenvalue weighted by Crippen LogP contribution is 2.10. The number of nitrogens with one attached hydrogen (secondary N) is 1. The van der Waals surface area contributed by atoms with Crippen molar-refractivity contribution in [2.24, 2.45) is 5.73 Å². The lowest BCUT2D eigenvalue weighted by Crippen LogP contribution is -2.51. The van der Waals surface area contributed by atoms with E-state index in [4.69, 9.17) is 10.5 Å². The molecule has 2 rings (SSSR count). The van der Waals surface area contributed by atoms with Crippen LogP contribution in [0.15, 0.2) is 30.3 Å². The lowest BCUT2D eigenvalue weighted by Gasteiger charge is -2.29. The highest BCUT2D eigenvalue weighted by molar-refractivity contribution is 5.90. The van der Waals surface area contributed by atoms with E-state index in [1.807, 2.05) is 18.2 Å². The number of carbonyl (C=O) groups is 2. The number of benzene rings is 1. The van der Waals surface area contributed by atoms with Gasteiger partial charge < -0.3 is 20.7 Å². The average Bonchev–Trinajstić information content (AvgIpc) is 2.55. The SMILES string of the molecule is CC(NC(=O)C(N)c1ccccc1)C(=O)N1CCOCC1. The van der Waals surface area contributed by atoms with Gasteiger partial charge in [0.25, 0.3) is 0 Å². The van der Waals surface area contributed by atoms with Crippen molar-refractivity contribution in [1.29, 1.82) is 0 Å². The number of nitrogens with two attached hydrogens (primary N) is 1. The molecule has 0 saturated carbocycles. The van der Waals surface area contributed by atoms with Crippen molar-refractivity contribution in [3.8, 4) is 0 Å². The summed E-state index contributed by atoms with van der Waals surface area (Å²) in [5.74, 6) is -0.456. The zero-order valence-corrected chi connectivity index (χ0v) is 12.1. The highest BCUT2D eigenvalue weighted by Gasteiger charge is 2.25. The summed E-state index contributed by atoms with van der Waals surface area (Å²) in [5.41, 5.74) is 6.63. The monoisotopic (exact) mass is 291 g/mol. The Hall–Kier alpha value is -1.92. The number of morpholine rings is 1. The topological polar surface area (TPSA) is 84.7 Å². The predicted octanol–water partition coefficient (Wildman–Crippen LogP) is 0.0499. The van der Waals surface area contributed by atoms with Gasteiger partial charge in [0, 0.05) is 13.1 Å². The molecule has 2 unspecified atom stereocenters. The summed E-state index contributed by atoms with van der Waals surface area (Å²) in [7, 11) is 0. The first-order chi connectivity index (χ1) is 10.1. The molecule has 6 heteroatoms. The summed E-state index contributed by atoms with van der Waals surface area (Å²) in [5, 5.41) is 2.68. The molecule has 0 bridgehead atoms. The predicted molar refractivity (Wildman–Crippen MR) is 78.4 cm³/mol. The van der Waals surface area contributed by atoms with Crippen LogP contribution in [-0.4, -0.2) is 49.1 Å². The van der Waals surface area contributed by atoms with Crippen molar-refractivity contribution >= 4 is 11.8 Å². The average molecular weight is 291 g/mol. The summed E-state index contributed by atoms with van der Waals surface area (Å²) >= 11 is 0. The van der Waals surface area contributed by atoms with Gasteiger partial charge in [-0.05, 0) is 12.5 Å². The zero-order valence-electron chi connectivity index (χ0n) is 12.1. The molecule has 1 fully saturated rings. The van der Waals surface area contributed by atoms with Gasteiger partial charge in [0.1, 0.15) is 12.1 Å². The van der Waals surface area contributed by atoms with E-state index in [9.17, 15) is 9.59 Å². The molecule has 2 atom stereocenters. The summed E-state index contributed by atoms with van der Waals surface area (Å²) in [4.78, 5) is 26.0. The molecule has 114 valence electrons. The Morgan fingerprint density at radius 1 is 1.24 bits per heavy atom. The van der Waals surface area contributed by atoms with Crippen LogP contribution in [0.4, 0.5) is 0 Å². The van der Waals surface area contributed by atoms with Crippen LogP contribution < -0.4 is 11.1 Å². The Morgan fingerprint density at radius 3 is 2.48 bits per heavy atom. The molecule has 1 aromatic rings. The smallest absolute Gasteiger partial charge is 0.245 e. The summed E-state index contributed by atoms with van der Waals surface area (Å²) in [6.07, 6.45) is 0. The maximum Gasteiger partial charge on any atom is 0.245 e. The number of hydrogen-bond acceptors (Lipinski definition) is 4. The molecule has 1 aliphatic rings. The van der Waals surface area contributed by atoms with Gasteiger partial charge in [0.2, 0.25) is 11.8 Å². The van der Waals surface area contributed by atoms with Crippen molar-refractivity contribution in [3.63, 3.8) is 0 Å². The first-order valence-corrected chi connectivity index (χ1v) is 7.07. The quantitative estimate of drug-likeness (QED) is 0.821. The van der Waals surface area contributed by atoms with Crippen molar-refractivity contribution < 1.29 is 14.3 Å². The maximum atomic E-state index is 12.2. The van der Waals surface area contributed by atoms with Gasteiger partial charge >= 0.3 is 0 Å². The fraction of sp³-hybridized carbons (Fsp3) is 0.467. The fourth-order valence-electron chi connectivity index (χ4n) is 2.23. The van der Waals surface area contributed by atoms with Gasteiger partial charge in [-0.15, -0.1) is 0 Å². The lowest BCUT2D eigenvalue weighted by molar-refractivity contribution is -0.139. The van der Waals surface area contributed by atoms with Crippen LogP contribution in [0.1, 0.15) is 18.5 Å². The van der Waals surface area contributed by atoms with E-state index in [2.05, 4.69) is 5.32 Å². The van der Waals surface area contributed by atoms with E-state index in [1.54, 1.807) is 24.0 Å². The van der Waals surface area contributed by atoms with Crippen molar-refractivity contribution in [1.82, 2.24) is 10.2 Å². The number of amides is 2. The number of ether oxygens (including phenoxy) is 1. The van der Waals surface area contributed by atoms with E-state index in [0.29, 0.717) is 26.3 Å². The van der Waals surface area contributed by atoms with E-state index >= 15 is 0 Å². The largest absolute Gasteiger partial charge is 0.378 e. The number of nitrogens with zero attached hydrogens (tertiary/aromatic N) is 1. The molecule has 21 heavy (non-hydrogen) atoms. The normalized spacial score (nSPS) is 17.9. The van der Waals surface area contributed by atoms with E-state index < -0.39 is 12.1 Å². The van der Waals surface area contributed by atoms with Crippen LogP contribution in [0, 0.1) is 0 Å². The lowest BCUT2D eigenvalue weighted by atomic mass is 10.1. The second-order valence-corrected chi connectivity index (χ2v) is 5.06. The molecule has 1 saturated heterocycles. The third kappa shape index (κ3) is 4.03. The maximum absolute atomic E-state index is 12.2. The summed E-state index contributed by atoms with van der Waals surface area (Å²) in [6, 6.07) is 7.72. The Labute approximate surface area is 124 Å². The molecule has 1 heterocycles. The molecule has 0 aliphatic carbocycles. The minimum atomic E-state index is -0.772. The van der Waals surface area contributed by atoms with E-state index in [-0.39, 0.29) is 11.8 Å². The van der Waals surface area contributed by atoms with Crippen LogP contribution in [0.2, 0.25) is 0 Å². The van der Waals surface area contributed by atoms with E-state index in [1.165, 1.54) is 0 Å². The third-order valence-electron chi connectivity index (χ3n) is 3.49. The Morgan fingerprint density at radius 2 is 1.86 bits per heavy atom. The molecule has 0 aromatic heterocycles. The first kappa shape index (κ1) is 15.5. The van der Waals surface area contributed by atoms with Crippen molar-refractivity contribution in [2.45, 2.75) is 19.0 Å². The minimum Gasteiger partial charge on any atom is -0.378 e. The molecule has 6 nitrogen and oxygen atoms in total. The summed E-state index contributed by atoms with van der Waals surface area (Å²) < 4.78 is 5.21. The van der Waals surface area contributed by atoms with Gasteiger partial charge in [0.05, 0.1) is 13.2 Å². The molecule has 1 aliphatic heterocycles. The van der Waals surface area contributed by atoms with Gasteiger partial charge in [-0.3, -0.25) is 9.59 Å². The van der Waals surface area contributed by atoms with Crippen molar-refractivity contribution in [2.75, 3.05) is 26.3 Å². The molecule has 0 radical (unpaired) electrons. The van der Waals surface area contributed by atoms with Gasteiger partial charge in [-0.25, -0.2) is 0 Å². The Kier molecular flexibility index (Phi) is 5.30. The Bertz CT molecular complexity index is 486.